The quantitative estimate of drug-likeness (QED) is 0.860. The maximum atomic E-state index is 10.8. The standard InChI is InChI=1S/C12H12BrN3O3/c13-9-3-1-8(2-4-9)12-15-11(19-16-12)5-6-14-10(18)7-17/h1-4,17H,5-7H2,(H,14,18). The normalized spacial score (nSPS) is 10.4. The van der Waals surface area contributed by atoms with Crippen molar-refractivity contribution in [3.8, 4) is 11.4 Å². The van der Waals surface area contributed by atoms with Crippen LogP contribution in [0.25, 0.3) is 11.4 Å². The first-order valence-electron chi connectivity index (χ1n) is 5.65. The summed E-state index contributed by atoms with van der Waals surface area (Å²) in [6.45, 7) is -0.171. The zero-order valence-corrected chi connectivity index (χ0v) is 11.6. The first-order valence-corrected chi connectivity index (χ1v) is 6.44. The van der Waals surface area contributed by atoms with E-state index in [-0.39, 0.29) is 0 Å². The largest absolute Gasteiger partial charge is 0.387 e. The predicted molar refractivity (Wildman–Crippen MR) is 71.2 cm³/mol. The van der Waals surface area contributed by atoms with E-state index in [1.807, 2.05) is 24.3 Å². The zero-order chi connectivity index (χ0) is 13.7. The van der Waals surface area contributed by atoms with Gasteiger partial charge in [0.15, 0.2) is 0 Å². The first-order chi connectivity index (χ1) is 9.19. The summed E-state index contributed by atoms with van der Waals surface area (Å²) in [7, 11) is 0. The highest BCUT2D eigenvalue weighted by atomic mass is 79.9. The Morgan fingerprint density at radius 1 is 1.37 bits per heavy atom. The van der Waals surface area contributed by atoms with Gasteiger partial charge in [-0.1, -0.05) is 21.1 Å². The molecule has 0 aliphatic rings. The number of aliphatic hydroxyl groups is 1. The number of benzene rings is 1. The van der Waals surface area contributed by atoms with E-state index in [0.29, 0.717) is 24.7 Å². The minimum Gasteiger partial charge on any atom is -0.387 e. The second kappa shape index (κ2) is 6.44. The van der Waals surface area contributed by atoms with Crippen molar-refractivity contribution in [2.24, 2.45) is 0 Å². The van der Waals surface area contributed by atoms with Crippen molar-refractivity contribution in [2.75, 3.05) is 13.2 Å². The maximum absolute atomic E-state index is 10.8. The third-order valence-electron chi connectivity index (χ3n) is 2.38. The Morgan fingerprint density at radius 2 is 2.11 bits per heavy atom. The molecule has 2 rings (SSSR count). The van der Waals surface area contributed by atoms with E-state index in [1.54, 1.807) is 0 Å². The fourth-order valence-corrected chi connectivity index (χ4v) is 1.70. The average Bonchev–Trinajstić information content (AvgIpc) is 2.88. The number of carbonyl (C=O) groups is 1. The molecule has 0 saturated heterocycles. The van der Waals surface area contributed by atoms with Crippen LogP contribution in [0.5, 0.6) is 0 Å². The second-order valence-electron chi connectivity index (χ2n) is 3.78. The van der Waals surface area contributed by atoms with E-state index < -0.39 is 12.5 Å². The Labute approximate surface area is 118 Å². The minimum atomic E-state index is -0.520. The van der Waals surface area contributed by atoms with Gasteiger partial charge in [-0.15, -0.1) is 0 Å². The number of hydrogen-bond acceptors (Lipinski definition) is 5. The first kappa shape index (κ1) is 13.7. The van der Waals surface area contributed by atoms with Gasteiger partial charge in [0.25, 0.3) is 0 Å². The van der Waals surface area contributed by atoms with E-state index >= 15 is 0 Å². The van der Waals surface area contributed by atoms with Crippen LogP contribution in [-0.2, 0) is 11.2 Å². The molecule has 0 bridgehead atoms. The number of aromatic nitrogens is 2. The van der Waals surface area contributed by atoms with Crippen molar-refractivity contribution >= 4 is 21.8 Å². The summed E-state index contributed by atoms with van der Waals surface area (Å²) in [6.07, 6.45) is 0.426. The number of amides is 1. The van der Waals surface area contributed by atoms with Crippen LogP contribution < -0.4 is 5.32 Å². The molecule has 0 saturated carbocycles. The van der Waals surface area contributed by atoms with Crippen LogP contribution >= 0.6 is 15.9 Å². The molecule has 1 amide bonds. The Hall–Kier alpha value is -1.73. The summed E-state index contributed by atoms with van der Waals surface area (Å²) in [6, 6.07) is 7.55. The molecule has 0 spiro atoms. The fraction of sp³-hybridized carbons (Fsp3) is 0.250. The van der Waals surface area contributed by atoms with Crippen LogP contribution in [0.1, 0.15) is 5.89 Å². The van der Waals surface area contributed by atoms with Gasteiger partial charge < -0.3 is 14.9 Å². The lowest BCUT2D eigenvalue weighted by Gasteiger charge is -1.98. The van der Waals surface area contributed by atoms with Gasteiger partial charge in [0, 0.05) is 23.0 Å². The van der Waals surface area contributed by atoms with Crippen LogP contribution in [0.2, 0.25) is 0 Å². The number of halogens is 1. The molecule has 2 aromatic rings. The van der Waals surface area contributed by atoms with Gasteiger partial charge in [0.05, 0.1) is 0 Å². The smallest absolute Gasteiger partial charge is 0.245 e. The molecule has 19 heavy (non-hydrogen) atoms. The Balaban J connectivity index is 1.95. The van der Waals surface area contributed by atoms with Gasteiger partial charge in [-0.25, -0.2) is 0 Å². The molecule has 0 aliphatic carbocycles. The van der Waals surface area contributed by atoms with Gasteiger partial charge in [-0.2, -0.15) is 4.98 Å². The Bertz CT molecular complexity index is 554. The van der Waals surface area contributed by atoms with E-state index in [0.717, 1.165) is 10.0 Å². The number of nitrogens with one attached hydrogen (secondary N) is 1. The third kappa shape index (κ3) is 3.87. The van der Waals surface area contributed by atoms with Crippen molar-refractivity contribution < 1.29 is 14.4 Å². The summed E-state index contributed by atoms with van der Waals surface area (Å²) < 4.78 is 6.06. The average molecular weight is 326 g/mol. The molecule has 0 unspecified atom stereocenters. The molecular weight excluding hydrogens is 314 g/mol. The second-order valence-corrected chi connectivity index (χ2v) is 4.69. The number of carbonyl (C=O) groups excluding carboxylic acids is 1. The summed E-state index contributed by atoms with van der Waals surface area (Å²) in [5.41, 5.74) is 0.859. The number of nitrogens with zero attached hydrogens (tertiary/aromatic N) is 2. The monoisotopic (exact) mass is 325 g/mol. The van der Waals surface area contributed by atoms with Crippen molar-refractivity contribution in [2.45, 2.75) is 6.42 Å². The molecule has 1 heterocycles. The summed E-state index contributed by atoms with van der Waals surface area (Å²) >= 11 is 3.35. The molecule has 7 heteroatoms. The molecule has 100 valence electrons. The van der Waals surface area contributed by atoms with Gasteiger partial charge in [-0.3, -0.25) is 4.79 Å². The van der Waals surface area contributed by atoms with Gasteiger partial charge in [0.1, 0.15) is 6.61 Å². The Kier molecular flexibility index (Phi) is 4.64. The topological polar surface area (TPSA) is 88.2 Å². The highest BCUT2D eigenvalue weighted by Crippen LogP contribution is 2.18. The summed E-state index contributed by atoms with van der Waals surface area (Å²) in [4.78, 5) is 15.1. The highest BCUT2D eigenvalue weighted by Gasteiger charge is 2.08. The van der Waals surface area contributed by atoms with Crippen molar-refractivity contribution in [1.82, 2.24) is 15.5 Å². The molecular formula is C12H12BrN3O3. The van der Waals surface area contributed by atoms with Crippen LogP contribution in [0.3, 0.4) is 0 Å². The predicted octanol–water partition coefficient (Wildman–Crippen LogP) is 1.15. The van der Waals surface area contributed by atoms with Gasteiger partial charge >= 0.3 is 0 Å². The molecule has 1 aromatic heterocycles. The Morgan fingerprint density at radius 3 is 2.79 bits per heavy atom. The van der Waals surface area contributed by atoms with Crippen LogP contribution in [-0.4, -0.2) is 34.3 Å². The molecule has 0 radical (unpaired) electrons. The van der Waals surface area contributed by atoms with E-state index in [4.69, 9.17) is 9.63 Å². The lowest BCUT2D eigenvalue weighted by Crippen LogP contribution is -2.28. The van der Waals surface area contributed by atoms with Gasteiger partial charge in [-0.05, 0) is 24.3 Å². The molecule has 0 atom stereocenters. The number of hydrogen-bond donors (Lipinski definition) is 2. The molecule has 1 aromatic carbocycles. The molecule has 0 fully saturated rings. The van der Waals surface area contributed by atoms with E-state index in [1.165, 1.54) is 0 Å². The van der Waals surface area contributed by atoms with E-state index in [9.17, 15) is 4.79 Å². The number of aliphatic hydroxyl groups excluding tert-OH is 1. The van der Waals surface area contributed by atoms with Crippen LogP contribution in [0.4, 0.5) is 0 Å². The van der Waals surface area contributed by atoms with Gasteiger partial charge in [0.2, 0.25) is 17.6 Å². The third-order valence-corrected chi connectivity index (χ3v) is 2.90. The van der Waals surface area contributed by atoms with Crippen molar-refractivity contribution in [1.29, 1.82) is 0 Å². The van der Waals surface area contributed by atoms with E-state index in [2.05, 4.69) is 31.4 Å². The molecule has 6 nitrogen and oxygen atoms in total. The highest BCUT2D eigenvalue weighted by molar-refractivity contribution is 9.10. The maximum Gasteiger partial charge on any atom is 0.245 e. The lowest BCUT2D eigenvalue weighted by molar-refractivity contribution is -0.123. The van der Waals surface area contributed by atoms with Crippen molar-refractivity contribution in [3.63, 3.8) is 0 Å². The summed E-state index contributed by atoms with van der Waals surface area (Å²) in [5, 5.41) is 14.9. The van der Waals surface area contributed by atoms with Crippen molar-refractivity contribution in [3.05, 3.63) is 34.6 Å². The lowest BCUT2D eigenvalue weighted by atomic mass is 10.2. The summed E-state index contributed by atoms with van der Waals surface area (Å²) in [5.74, 6) is 0.528. The van der Waals surface area contributed by atoms with Crippen LogP contribution in [0, 0.1) is 0 Å². The number of rotatable bonds is 5. The van der Waals surface area contributed by atoms with Crippen LogP contribution in [0.15, 0.2) is 33.3 Å². The SMILES string of the molecule is O=C(CO)NCCc1nc(-c2ccc(Br)cc2)no1. The molecule has 0 aliphatic heterocycles. The molecule has 2 N–H and O–H groups in total. The zero-order valence-electron chi connectivity index (χ0n) is 9.97. The fourth-order valence-electron chi connectivity index (χ4n) is 1.44. The minimum absolute atomic E-state index is 0.349.